The van der Waals surface area contributed by atoms with Gasteiger partial charge < -0.3 is 10.1 Å². The highest BCUT2D eigenvalue weighted by atomic mass is 16.5. The first-order chi connectivity index (χ1) is 7.63. The minimum absolute atomic E-state index is 0.104. The Morgan fingerprint density at radius 3 is 2.62 bits per heavy atom. The lowest BCUT2D eigenvalue weighted by atomic mass is 10.0. The van der Waals surface area contributed by atoms with Gasteiger partial charge in [-0.25, -0.2) is 0 Å². The van der Waals surface area contributed by atoms with E-state index < -0.39 is 0 Å². The van der Waals surface area contributed by atoms with Crippen LogP contribution < -0.4 is 10.1 Å². The molecule has 16 heavy (non-hydrogen) atoms. The van der Waals surface area contributed by atoms with Gasteiger partial charge in [0.2, 0.25) is 0 Å². The Morgan fingerprint density at radius 1 is 1.50 bits per heavy atom. The van der Waals surface area contributed by atoms with Gasteiger partial charge in [0.15, 0.2) is 5.78 Å². The van der Waals surface area contributed by atoms with Crippen molar-refractivity contribution in [3.63, 3.8) is 0 Å². The van der Waals surface area contributed by atoms with E-state index in [4.69, 9.17) is 4.74 Å². The maximum Gasteiger partial charge on any atom is 0.179 e. The molecule has 0 bridgehead atoms. The number of hydrogen-bond donors (Lipinski definition) is 1. The van der Waals surface area contributed by atoms with Crippen LogP contribution in [-0.2, 0) is 0 Å². The van der Waals surface area contributed by atoms with Crippen molar-refractivity contribution in [1.82, 2.24) is 5.32 Å². The lowest BCUT2D eigenvalue weighted by molar-refractivity contribution is 0.0945. The number of carbonyl (C=O) groups excluding carboxylic acids is 1. The maximum absolute atomic E-state index is 12.1. The van der Waals surface area contributed by atoms with Gasteiger partial charge in [0.1, 0.15) is 5.75 Å². The number of likely N-dealkylation sites (N-methyl/N-ethyl adjacent to an activating group) is 1. The molecule has 1 aromatic carbocycles. The van der Waals surface area contributed by atoms with E-state index >= 15 is 0 Å². The van der Waals surface area contributed by atoms with Crippen molar-refractivity contribution in [1.29, 1.82) is 0 Å². The van der Waals surface area contributed by atoms with Crippen molar-refractivity contribution in [3.05, 3.63) is 29.3 Å². The molecule has 1 aromatic rings. The number of benzene rings is 1. The molecule has 0 aromatic heterocycles. The van der Waals surface area contributed by atoms with Crippen LogP contribution >= 0.6 is 0 Å². The summed E-state index contributed by atoms with van der Waals surface area (Å²) in [5.41, 5.74) is 1.72. The average Bonchev–Trinajstić information content (AvgIpc) is 2.30. The van der Waals surface area contributed by atoms with Crippen LogP contribution in [0.2, 0.25) is 0 Å². The fraction of sp³-hybridized carbons (Fsp3) is 0.462. The standard InChI is InChI=1S/C13H19NO2/c1-5-11(14-3)13(15)10-6-7-12(16-4)9(2)8-10/h6-8,11,14H,5H2,1-4H3. The van der Waals surface area contributed by atoms with E-state index in [0.717, 1.165) is 23.3 Å². The summed E-state index contributed by atoms with van der Waals surface area (Å²) in [4.78, 5) is 12.1. The molecular weight excluding hydrogens is 202 g/mol. The Labute approximate surface area is 96.8 Å². The number of methoxy groups -OCH3 is 1. The van der Waals surface area contributed by atoms with Crippen LogP contribution in [0.1, 0.15) is 29.3 Å². The van der Waals surface area contributed by atoms with Crippen molar-refractivity contribution in [2.24, 2.45) is 0 Å². The second kappa shape index (κ2) is 5.66. The first-order valence-corrected chi connectivity index (χ1v) is 5.50. The lowest BCUT2D eigenvalue weighted by Gasteiger charge is -2.13. The Kier molecular flexibility index (Phi) is 4.50. The summed E-state index contributed by atoms with van der Waals surface area (Å²) in [5.74, 6) is 0.949. The summed E-state index contributed by atoms with van der Waals surface area (Å²) >= 11 is 0. The Morgan fingerprint density at radius 2 is 2.19 bits per heavy atom. The topological polar surface area (TPSA) is 38.3 Å². The van der Waals surface area contributed by atoms with Crippen molar-refractivity contribution >= 4 is 5.78 Å². The van der Waals surface area contributed by atoms with Gasteiger partial charge in [-0.2, -0.15) is 0 Å². The summed E-state index contributed by atoms with van der Waals surface area (Å²) in [7, 11) is 3.44. The van der Waals surface area contributed by atoms with Crippen LogP contribution in [-0.4, -0.2) is 26.0 Å². The van der Waals surface area contributed by atoms with Gasteiger partial charge in [-0.05, 0) is 44.2 Å². The van der Waals surface area contributed by atoms with Crippen LogP contribution in [0.25, 0.3) is 0 Å². The quantitative estimate of drug-likeness (QED) is 0.774. The highest BCUT2D eigenvalue weighted by Crippen LogP contribution is 2.19. The number of hydrogen-bond acceptors (Lipinski definition) is 3. The second-order valence-corrected chi connectivity index (χ2v) is 3.80. The van der Waals surface area contributed by atoms with Crippen molar-refractivity contribution in [2.75, 3.05) is 14.2 Å². The third-order valence-corrected chi connectivity index (χ3v) is 2.75. The summed E-state index contributed by atoms with van der Waals surface area (Å²) in [5, 5.41) is 3.02. The zero-order chi connectivity index (χ0) is 12.1. The van der Waals surface area contributed by atoms with Crippen molar-refractivity contribution in [3.8, 4) is 5.75 Å². The number of rotatable bonds is 5. The second-order valence-electron chi connectivity index (χ2n) is 3.80. The molecule has 3 heteroatoms. The van der Waals surface area contributed by atoms with Crippen molar-refractivity contribution in [2.45, 2.75) is 26.3 Å². The van der Waals surface area contributed by atoms with Crippen molar-refractivity contribution < 1.29 is 9.53 Å². The molecule has 0 radical (unpaired) electrons. The maximum atomic E-state index is 12.1. The molecule has 1 unspecified atom stereocenters. The zero-order valence-electron chi connectivity index (χ0n) is 10.3. The fourth-order valence-electron chi connectivity index (χ4n) is 1.75. The van der Waals surface area contributed by atoms with Gasteiger partial charge in [-0.15, -0.1) is 0 Å². The van der Waals surface area contributed by atoms with Crippen LogP contribution in [0.15, 0.2) is 18.2 Å². The molecule has 0 saturated heterocycles. The minimum atomic E-state index is -0.104. The third-order valence-electron chi connectivity index (χ3n) is 2.75. The smallest absolute Gasteiger partial charge is 0.179 e. The molecule has 1 N–H and O–H groups in total. The van der Waals surface area contributed by atoms with Gasteiger partial charge >= 0.3 is 0 Å². The summed E-state index contributed by atoms with van der Waals surface area (Å²) < 4.78 is 5.17. The predicted octanol–water partition coefficient (Wildman–Crippen LogP) is 2.18. The molecule has 88 valence electrons. The number of ether oxygens (including phenoxy) is 1. The largest absolute Gasteiger partial charge is 0.496 e. The highest BCUT2D eigenvalue weighted by molar-refractivity contribution is 6.00. The van der Waals surface area contributed by atoms with E-state index in [0.29, 0.717) is 0 Å². The zero-order valence-corrected chi connectivity index (χ0v) is 10.3. The number of nitrogens with one attached hydrogen (secondary N) is 1. The first-order valence-electron chi connectivity index (χ1n) is 5.50. The van der Waals surface area contributed by atoms with Gasteiger partial charge in [0, 0.05) is 5.56 Å². The number of Topliss-reactive ketones (excluding diaryl/α,β-unsaturated/α-hetero) is 1. The Balaban J connectivity index is 2.96. The molecule has 0 aliphatic carbocycles. The van der Waals surface area contributed by atoms with Gasteiger partial charge in [0.25, 0.3) is 0 Å². The summed E-state index contributed by atoms with van der Waals surface area (Å²) in [6, 6.07) is 5.42. The van der Waals surface area contributed by atoms with Crippen LogP contribution in [0.3, 0.4) is 0 Å². The van der Waals surface area contributed by atoms with Gasteiger partial charge in [-0.3, -0.25) is 4.79 Å². The molecule has 0 fully saturated rings. The predicted molar refractivity (Wildman–Crippen MR) is 65.2 cm³/mol. The summed E-state index contributed by atoms with van der Waals surface area (Å²) in [6.07, 6.45) is 0.792. The van der Waals surface area contributed by atoms with Gasteiger partial charge in [0.05, 0.1) is 13.2 Å². The number of aryl methyl sites for hydroxylation is 1. The lowest BCUT2D eigenvalue weighted by Crippen LogP contribution is -2.33. The molecule has 0 aliphatic heterocycles. The van der Waals surface area contributed by atoms with E-state index in [1.165, 1.54) is 0 Å². The summed E-state index contributed by atoms with van der Waals surface area (Å²) in [6.45, 7) is 3.94. The molecule has 1 atom stereocenters. The van der Waals surface area contributed by atoms with E-state index in [1.54, 1.807) is 7.11 Å². The molecule has 0 heterocycles. The molecule has 0 saturated carbocycles. The van der Waals surface area contributed by atoms with E-state index in [2.05, 4.69) is 5.32 Å². The van der Waals surface area contributed by atoms with E-state index in [-0.39, 0.29) is 11.8 Å². The van der Waals surface area contributed by atoms with Gasteiger partial charge in [-0.1, -0.05) is 6.92 Å². The normalized spacial score (nSPS) is 12.2. The first kappa shape index (κ1) is 12.7. The highest BCUT2D eigenvalue weighted by Gasteiger charge is 2.16. The van der Waals surface area contributed by atoms with Crippen LogP contribution in [0, 0.1) is 6.92 Å². The number of ketones is 1. The molecular formula is C13H19NO2. The fourth-order valence-corrected chi connectivity index (χ4v) is 1.75. The molecule has 0 aliphatic rings. The molecule has 0 amide bonds. The monoisotopic (exact) mass is 221 g/mol. The molecule has 1 rings (SSSR count). The van der Waals surface area contributed by atoms with Crippen LogP contribution in [0.4, 0.5) is 0 Å². The molecule has 3 nitrogen and oxygen atoms in total. The molecule has 0 spiro atoms. The third kappa shape index (κ3) is 2.61. The minimum Gasteiger partial charge on any atom is -0.496 e. The van der Waals surface area contributed by atoms with E-state index in [1.807, 2.05) is 39.1 Å². The number of carbonyl (C=O) groups is 1. The Hall–Kier alpha value is -1.35. The van der Waals surface area contributed by atoms with E-state index in [9.17, 15) is 4.79 Å². The average molecular weight is 221 g/mol. The SMILES string of the molecule is CCC(NC)C(=O)c1ccc(OC)c(C)c1. The van der Waals surface area contributed by atoms with Crippen LogP contribution in [0.5, 0.6) is 5.75 Å². The Bertz CT molecular complexity index is 370.